The second-order valence-electron chi connectivity index (χ2n) is 2.65. The third-order valence-corrected chi connectivity index (χ3v) is 1.72. The number of ether oxygens (including phenoxy) is 1. The van der Waals surface area contributed by atoms with Gasteiger partial charge in [0.25, 0.3) is 0 Å². The number of rotatable bonds is 3. The summed E-state index contributed by atoms with van der Waals surface area (Å²) in [5.74, 6) is 0.139. The molecule has 80 valence electrons. The molecule has 0 saturated carbocycles. The maximum absolute atomic E-state index is 9.62. The number of anilines is 1. The van der Waals surface area contributed by atoms with Crippen molar-refractivity contribution in [3.63, 3.8) is 0 Å². The van der Waals surface area contributed by atoms with Crippen LogP contribution in [-0.4, -0.2) is 17.9 Å². The lowest BCUT2D eigenvalue weighted by Gasteiger charge is -2.07. The van der Waals surface area contributed by atoms with Crippen LogP contribution in [0.5, 0.6) is 11.5 Å². The molecule has 0 radical (unpaired) electrons. The topological polar surface area (TPSA) is 101 Å². The highest BCUT2D eigenvalue weighted by atomic mass is 16.5. The number of hydrazone groups is 1. The Morgan fingerprint density at radius 2 is 2.12 bits per heavy atom. The average Bonchev–Trinajstić information content (AvgIpc) is 2.32. The van der Waals surface area contributed by atoms with Crippen LogP contribution in [0, 0.1) is 22.7 Å². The molecule has 0 bridgehead atoms. The van der Waals surface area contributed by atoms with Crippen molar-refractivity contribution in [2.24, 2.45) is 5.10 Å². The molecule has 1 aromatic carbocycles. The fourth-order valence-electron chi connectivity index (χ4n) is 0.968. The van der Waals surface area contributed by atoms with Gasteiger partial charge in [-0.15, -0.1) is 0 Å². The van der Waals surface area contributed by atoms with Gasteiger partial charge in [0.15, 0.2) is 11.5 Å². The van der Waals surface area contributed by atoms with Gasteiger partial charge in [-0.25, -0.2) is 0 Å². The van der Waals surface area contributed by atoms with E-state index in [4.69, 9.17) is 15.3 Å². The maximum Gasteiger partial charge on any atom is 0.237 e. The van der Waals surface area contributed by atoms with E-state index >= 15 is 0 Å². The Balaban J connectivity index is 2.96. The first kappa shape index (κ1) is 11.3. The molecule has 0 spiro atoms. The summed E-state index contributed by atoms with van der Waals surface area (Å²) in [5.41, 5.74) is 2.32. The van der Waals surface area contributed by atoms with E-state index in [0.717, 1.165) is 0 Å². The van der Waals surface area contributed by atoms with E-state index in [2.05, 4.69) is 10.5 Å². The van der Waals surface area contributed by atoms with Crippen molar-refractivity contribution in [3.05, 3.63) is 18.2 Å². The third kappa shape index (κ3) is 2.40. The summed E-state index contributed by atoms with van der Waals surface area (Å²) in [4.78, 5) is 0. The van der Waals surface area contributed by atoms with Gasteiger partial charge >= 0.3 is 0 Å². The summed E-state index contributed by atoms with van der Waals surface area (Å²) in [6, 6.07) is 7.91. The van der Waals surface area contributed by atoms with Crippen LogP contribution in [0.4, 0.5) is 5.69 Å². The predicted octanol–water partition coefficient (Wildman–Crippen LogP) is 1.22. The molecule has 0 aliphatic carbocycles. The van der Waals surface area contributed by atoms with Crippen molar-refractivity contribution in [3.8, 4) is 23.6 Å². The summed E-state index contributed by atoms with van der Waals surface area (Å²) in [5, 5.41) is 30.0. The molecule has 0 saturated heterocycles. The summed E-state index contributed by atoms with van der Waals surface area (Å²) in [6.45, 7) is 0. The fourth-order valence-corrected chi connectivity index (χ4v) is 0.968. The number of nitriles is 2. The second-order valence-corrected chi connectivity index (χ2v) is 2.65. The summed E-state index contributed by atoms with van der Waals surface area (Å²) in [7, 11) is 1.41. The second kappa shape index (κ2) is 5.23. The van der Waals surface area contributed by atoms with Gasteiger partial charge in [-0.2, -0.15) is 15.6 Å². The molecule has 6 heteroatoms. The van der Waals surface area contributed by atoms with E-state index in [1.54, 1.807) is 24.3 Å². The Bertz CT molecular complexity index is 481. The predicted molar refractivity (Wildman–Crippen MR) is 56.9 cm³/mol. The van der Waals surface area contributed by atoms with Gasteiger partial charge in [0, 0.05) is 0 Å². The molecular weight excluding hydrogens is 208 g/mol. The Morgan fingerprint density at radius 3 is 2.69 bits per heavy atom. The number of methoxy groups -OCH3 is 1. The highest BCUT2D eigenvalue weighted by Gasteiger charge is 2.06. The fraction of sp³-hybridized carbons (Fsp3) is 0.100. The first-order valence-corrected chi connectivity index (χ1v) is 4.22. The molecule has 1 rings (SSSR count). The first-order valence-electron chi connectivity index (χ1n) is 4.22. The van der Waals surface area contributed by atoms with Crippen molar-refractivity contribution in [1.29, 1.82) is 10.5 Å². The molecule has 0 aliphatic heterocycles. The number of hydrogen-bond donors (Lipinski definition) is 2. The van der Waals surface area contributed by atoms with Gasteiger partial charge in [0.2, 0.25) is 5.71 Å². The number of phenols is 1. The normalized spacial score (nSPS) is 8.44. The number of phenolic OH excluding ortho intramolecular Hbond substituents is 1. The minimum Gasteiger partial charge on any atom is -0.503 e. The summed E-state index contributed by atoms with van der Waals surface area (Å²) in [6.07, 6.45) is 0. The highest BCUT2D eigenvalue weighted by molar-refractivity contribution is 6.10. The number of nitrogens with zero attached hydrogens (tertiary/aromatic N) is 3. The molecule has 0 atom stereocenters. The summed E-state index contributed by atoms with van der Waals surface area (Å²) >= 11 is 0. The van der Waals surface area contributed by atoms with Crippen LogP contribution in [-0.2, 0) is 0 Å². The van der Waals surface area contributed by atoms with E-state index in [0.29, 0.717) is 0 Å². The Labute approximate surface area is 92.0 Å². The minimum absolute atomic E-state index is 0.135. The van der Waals surface area contributed by atoms with E-state index in [-0.39, 0.29) is 22.9 Å². The maximum atomic E-state index is 9.62. The van der Waals surface area contributed by atoms with Gasteiger partial charge in [-0.1, -0.05) is 6.07 Å². The van der Waals surface area contributed by atoms with Crippen molar-refractivity contribution in [2.45, 2.75) is 0 Å². The molecule has 16 heavy (non-hydrogen) atoms. The highest BCUT2D eigenvalue weighted by Crippen LogP contribution is 2.33. The van der Waals surface area contributed by atoms with Crippen LogP contribution in [0.2, 0.25) is 0 Å². The average molecular weight is 216 g/mol. The zero-order valence-electron chi connectivity index (χ0n) is 8.43. The molecule has 0 aliphatic rings. The number of hydrogen-bond acceptors (Lipinski definition) is 6. The van der Waals surface area contributed by atoms with Crippen molar-refractivity contribution in [1.82, 2.24) is 0 Å². The van der Waals surface area contributed by atoms with Crippen LogP contribution >= 0.6 is 0 Å². The Morgan fingerprint density at radius 1 is 1.44 bits per heavy atom. The third-order valence-electron chi connectivity index (χ3n) is 1.72. The van der Waals surface area contributed by atoms with Crippen LogP contribution < -0.4 is 10.2 Å². The Kier molecular flexibility index (Phi) is 3.71. The summed E-state index contributed by atoms with van der Waals surface area (Å²) < 4.78 is 4.88. The molecule has 0 fully saturated rings. The van der Waals surface area contributed by atoms with Crippen LogP contribution in [0.25, 0.3) is 0 Å². The van der Waals surface area contributed by atoms with Gasteiger partial charge in [0.05, 0.1) is 7.11 Å². The lowest BCUT2D eigenvalue weighted by atomic mass is 10.3. The van der Waals surface area contributed by atoms with E-state index < -0.39 is 0 Å². The van der Waals surface area contributed by atoms with E-state index in [9.17, 15) is 5.11 Å². The molecule has 0 aromatic heterocycles. The lowest BCUT2D eigenvalue weighted by Crippen LogP contribution is -1.97. The van der Waals surface area contributed by atoms with Gasteiger partial charge in [0.1, 0.15) is 17.8 Å². The molecular formula is C10H8N4O2. The first-order chi connectivity index (χ1) is 7.72. The zero-order valence-corrected chi connectivity index (χ0v) is 8.43. The largest absolute Gasteiger partial charge is 0.503 e. The Hall–Kier alpha value is -2.73. The van der Waals surface area contributed by atoms with Crippen LogP contribution in [0.1, 0.15) is 0 Å². The smallest absolute Gasteiger partial charge is 0.237 e. The number of nitrogens with one attached hydrogen (secondary N) is 1. The van der Waals surface area contributed by atoms with Crippen molar-refractivity contribution < 1.29 is 9.84 Å². The lowest BCUT2D eigenvalue weighted by molar-refractivity contribution is 0.374. The van der Waals surface area contributed by atoms with Gasteiger partial charge < -0.3 is 9.84 Å². The van der Waals surface area contributed by atoms with E-state index in [1.165, 1.54) is 13.2 Å². The van der Waals surface area contributed by atoms with Crippen molar-refractivity contribution >= 4 is 11.4 Å². The van der Waals surface area contributed by atoms with Gasteiger partial charge in [-0.05, 0) is 12.1 Å². The number of aromatic hydroxyl groups is 1. The number of benzene rings is 1. The molecule has 0 unspecified atom stereocenters. The standard InChI is InChI=1S/C10H8N4O2/c1-16-9-4-2-3-8(10(9)15)14-13-7(5-11)6-12/h2-4,14-15H,1H3. The monoisotopic (exact) mass is 216 g/mol. The number of para-hydroxylation sites is 1. The SMILES string of the molecule is COc1cccc(NN=C(C#N)C#N)c1O. The molecule has 0 amide bonds. The molecule has 6 nitrogen and oxygen atoms in total. The molecule has 0 heterocycles. The van der Waals surface area contributed by atoms with Gasteiger partial charge in [-0.3, -0.25) is 5.43 Å². The van der Waals surface area contributed by atoms with Crippen LogP contribution in [0.15, 0.2) is 23.3 Å². The molecule has 2 N–H and O–H groups in total. The minimum atomic E-state index is -0.331. The van der Waals surface area contributed by atoms with Crippen LogP contribution in [0.3, 0.4) is 0 Å². The zero-order chi connectivity index (χ0) is 12.0. The van der Waals surface area contributed by atoms with Crippen molar-refractivity contribution in [2.75, 3.05) is 12.5 Å². The molecule has 1 aromatic rings. The van der Waals surface area contributed by atoms with E-state index in [1.807, 2.05) is 0 Å². The quantitative estimate of drug-likeness (QED) is 0.449.